The lowest BCUT2D eigenvalue weighted by Gasteiger charge is -2.10. The van der Waals surface area contributed by atoms with E-state index >= 15 is 0 Å². The van der Waals surface area contributed by atoms with Gasteiger partial charge in [0.2, 0.25) is 0 Å². The zero-order valence-electron chi connectivity index (χ0n) is 12.8. The molecule has 0 heterocycles. The van der Waals surface area contributed by atoms with Crippen LogP contribution in [-0.4, -0.2) is 26.8 Å². The molecular weight excluding hydrogens is 234 g/mol. The van der Waals surface area contributed by atoms with E-state index < -0.39 is 0 Å². The van der Waals surface area contributed by atoms with Crippen molar-refractivity contribution in [3.8, 4) is 0 Å². The summed E-state index contributed by atoms with van der Waals surface area (Å²) in [5.74, 6) is 0. The summed E-state index contributed by atoms with van der Waals surface area (Å²) < 4.78 is 5.01. The first-order valence-corrected chi connectivity index (χ1v) is 7.62. The van der Waals surface area contributed by atoms with E-state index in [0.717, 1.165) is 32.5 Å². The molecule has 1 aromatic carbocycles. The Morgan fingerprint density at radius 1 is 1.00 bits per heavy atom. The Balaban J connectivity index is 2.31. The maximum absolute atomic E-state index is 5.01. The normalized spacial score (nSPS) is 10.9. The van der Waals surface area contributed by atoms with Crippen LogP contribution in [0.25, 0.3) is 0 Å². The Hall–Kier alpha value is -0.860. The van der Waals surface area contributed by atoms with Gasteiger partial charge in [-0.15, -0.1) is 0 Å². The Labute approximate surface area is 118 Å². The van der Waals surface area contributed by atoms with Crippen LogP contribution >= 0.6 is 0 Å². The van der Waals surface area contributed by atoms with Gasteiger partial charge in [0.1, 0.15) is 0 Å². The summed E-state index contributed by atoms with van der Waals surface area (Å²) in [6.45, 7) is 7.33. The molecule has 2 nitrogen and oxygen atoms in total. The topological polar surface area (TPSA) is 21.3 Å². The van der Waals surface area contributed by atoms with Gasteiger partial charge in [0.05, 0.1) is 6.61 Å². The molecule has 0 saturated heterocycles. The first-order valence-electron chi connectivity index (χ1n) is 7.62. The molecule has 0 unspecified atom stereocenters. The van der Waals surface area contributed by atoms with Gasteiger partial charge in [-0.2, -0.15) is 0 Å². The second kappa shape index (κ2) is 9.99. The number of ether oxygens (including phenoxy) is 1. The van der Waals surface area contributed by atoms with Crippen molar-refractivity contribution in [2.24, 2.45) is 0 Å². The number of unbranched alkanes of at least 4 members (excludes halogenated alkanes) is 1. The third kappa shape index (κ3) is 6.22. The summed E-state index contributed by atoms with van der Waals surface area (Å²) in [6, 6.07) is 6.98. The standard InChI is InChI=1S/C17H29NO/c1-4-15-9-10-16(5-2)17(14-15)8-6-7-11-18-12-13-19-3/h9-10,14,18H,4-8,11-13H2,1-3H3. The lowest BCUT2D eigenvalue weighted by atomic mass is 9.97. The lowest BCUT2D eigenvalue weighted by Crippen LogP contribution is -2.20. The monoisotopic (exact) mass is 263 g/mol. The minimum atomic E-state index is 0.804. The number of hydrogen-bond acceptors (Lipinski definition) is 2. The van der Waals surface area contributed by atoms with Crippen molar-refractivity contribution >= 4 is 0 Å². The molecule has 0 aromatic heterocycles. The van der Waals surface area contributed by atoms with E-state index in [4.69, 9.17) is 4.74 Å². The van der Waals surface area contributed by atoms with Crippen molar-refractivity contribution in [3.63, 3.8) is 0 Å². The predicted octanol–water partition coefficient (Wildman–Crippen LogP) is 3.37. The largest absolute Gasteiger partial charge is 0.383 e. The van der Waals surface area contributed by atoms with Gasteiger partial charge in [0.15, 0.2) is 0 Å². The van der Waals surface area contributed by atoms with Crippen molar-refractivity contribution < 1.29 is 4.74 Å². The Morgan fingerprint density at radius 3 is 2.53 bits per heavy atom. The second-order valence-corrected chi connectivity index (χ2v) is 5.01. The molecule has 108 valence electrons. The van der Waals surface area contributed by atoms with E-state index in [9.17, 15) is 0 Å². The number of methoxy groups -OCH3 is 1. The van der Waals surface area contributed by atoms with Gasteiger partial charge in [0, 0.05) is 13.7 Å². The molecule has 0 radical (unpaired) electrons. The molecule has 19 heavy (non-hydrogen) atoms. The second-order valence-electron chi connectivity index (χ2n) is 5.01. The Morgan fingerprint density at radius 2 is 1.84 bits per heavy atom. The first-order chi connectivity index (χ1) is 9.31. The van der Waals surface area contributed by atoms with Crippen LogP contribution in [0.2, 0.25) is 0 Å². The fourth-order valence-corrected chi connectivity index (χ4v) is 2.34. The smallest absolute Gasteiger partial charge is 0.0587 e. The summed E-state index contributed by atoms with van der Waals surface area (Å²) in [6.07, 6.45) is 5.99. The summed E-state index contributed by atoms with van der Waals surface area (Å²) >= 11 is 0. The molecule has 0 aliphatic rings. The van der Waals surface area contributed by atoms with Crippen LogP contribution in [0.4, 0.5) is 0 Å². The number of hydrogen-bond donors (Lipinski definition) is 1. The third-order valence-corrected chi connectivity index (χ3v) is 3.59. The van der Waals surface area contributed by atoms with Crippen molar-refractivity contribution in [1.82, 2.24) is 5.32 Å². The molecule has 2 heteroatoms. The molecule has 0 bridgehead atoms. The van der Waals surface area contributed by atoms with Gasteiger partial charge in [0.25, 0.3) is 0 Å². The zero-order chi connectivity index (χ0) is 13.9. The quantitative estimate of drug-likeness (QED) is 0.654. The van der Waals surface area contributed by atoms with E-state index in [-0.39, 0.29) is 0 Å². The number of aryl methyl sites for hydroxylation is 3. The van der Waals surface area contributed by atoms with Crippen LogP contribution < -0.4 is 5.32 Å². The first kappa shape index (κ1) is 16.2. The maximum Gasteiger partial charge on any atom is 0.0587 e. The van der Waals surface area contributed by atoms with E-state index in [1.165, 1.54) is 30.4 Å². The van der Waals surface area contributed by atoms with Crippen molar-refractivity contribution in [3.05, 3.63) is 34.9 Å². The lowest BCUT2D eigenvalue weighted by molar-refractivity contribution is 0.199. The molecule has 0 fully saturated rings. The fraction of sp³-hybridized carbons (Fsp3) is 0.647. The van der Waals surface area contributed by atoms with Gasteiger partial charge < -0.3 is 10.1 Å². The fourth-order valence-electron chi connectivity index (χ4n) is 2.34. The molecular formula is C17H29NO. The van der Waals surface area contributed by atoms with E-state index in [0.29, 0.717) is 0 Å². The molecule has 1 aromatic rings. The minimum Gasteiger partial charge on any atom is -0.383 e. The van der Waals surface area contributed by atoms with Crippen LogP contribution in [0.3, 0.4) is 0 Å². The van der Waals surface area contributed by atoms with Crippen LogP contribution in [0, 0.1) is 0 Å². The van der Waals surface area contributed by atoms with Crippen molar-refractivity contribution in [1.29, 1.82) is 0 Å². The molecule has 0 aliphatic heterocycles. The van der Waals surface area contributed by atoms with Crippen LogP contribution in [0.15, 0.2) is 18.2 Å². The maximum atomic E-state index is 5.01. The van der Waals surface area contributed by atoms with E-state index in [1.807, 2.05) is 0 Å². The molecule has 0 aliphatic carbocycles. The molecule has 0 spiro atoms. The summed E-state index contributed by atoms with van der Waals surface area (Å²) in [5, 5.41) is 3.40. The summed E-state index contributed by atoms with van der Waals surface area (Å²) in [4.78, 5) is 0. The Kier molecular flexibility index (Phi) is 8.52. The summed E-state index contributed by atoms with van der Waals surface area (Å²) in [5.41, 5.74) is 4.54. The molecule has 0 atom stereocenters. The van der Waals surface area contributed by atoms with E-state index in [2.05, 4.69) is 37.4 Å². The molecule has 1 N–H and O–H groups in total. The SMILES string of the molecule is CCc1ccc(CC)c(CCCCNCCOC)c1. The molecule has 0 saturated carbocycles. The highest BCUT2D eigenvalue weighted by molar-refractivity contribution is 5.32. The number of nitrogens with one attached hydrogen (secondary N) is 1. The highest BCUT2D eigenvalue weighted by atomic mass is 16.5. The summed E-state index contributed by atoms with van der Waals surface area (Å²) in [7, 11) is 1.74. The number of benzene rings is 1. The van der Waals surface area contributed by atoms with Crippen molar-refractivity contribution in [2.75, 3.05) is 26.8 Å². The van der Waals surface area contributed by atoms with Gasteiger partial charge in [-0.05, 0) is 55.3 Å². The minimum absolute atomic E-state index is 0.804. The Bertz CT molecular complexity index is 349. The highest BCUT2D eigenvalue weighted by Crippen LogP contribution is 2.16. The van der Waals surface area contributed by atoms with Gasteiger partial charge in [-0.1, -0.05) is 32.0 Å². The van der Waals surface area contributed by atoms with Crippen molar-refractivity contribution in [2.45, 2.75) is 46.0 Å². The van der Waals surface area contributed by atoms with Gasteiger partial charge in [-0.3, -0.25) is 0 Å². The predicted molar refractivity (Wildman–Crippen MR) is 82.9 cm³/mol. The van der Waals surface area contributed by atoms with Crippen LogP contribution in [0.5, 0.6) is 0 Å². The average molecular weight is 263 g/mol. The highest BCUT2D eigenvalue weighted by Gasteiger charge is 2.02. The van der Waals surface area contributed by atoms with Crippen LogP contribution in [0.1, 0.15) is 43.4 Å². The van der Waals surface area contributed by atoms with Gasteiger partial charge in [-0.25, -0.2) is 0 Å². The number of rotatable bonds is 10. The molecule has 1 rings (SSSR count). The van der Waals surface area contributed by atoms with Gasteiger partial charge >= 0.3 is 0 Å². The average Bonchev–Trinajstić information content (AvgIpc) is 2.46. The van der Waals surface area contributed by atoms with E-state index in [1.54, 1.807) is 12.7 Å². The molecule has 0 amide bonds. The zero-order valence-corrected chi connectivity index (χ0v) is 12.8. The van der Waals surface area contributed by atoms with Crippen LogP contribution in [-0.2, 0) is 24.0 Å². The third-order valence-electron chi connectivity index (χ3n) is 3.59.